The highest BCUT2D eigenvalue weighted by molar-refractivity contribution is 6.31. The average molecular weight is 310 g/mol. The molecule has 0 aromatic carbocycles. The summed E-state index contributed by atoms with van der Waals surface area (Å²) in [7, 11) is 2.17. The first-order valence-corrected chi connectivity index (χ1v) is 8.57. The maximum atomic E-state index is 6.28. The molecule has 0 aliphatic heterocycles. The van der Waals surface area contributed by atoms with Crippen LogP contribution in [0.4, 0.5) is 5.82 Å². The van der Waals surface area contributed by atoms with Crippen molar-refractivity contribution >= 4 is 17.4 Å². The second-order valence-corrected chi connectivity index (χ2v) is 6.80. The third-order valence-electron chi connectivity index (χ3n) is 4.32. The lowest BCUT2D eigenvalue weighted by Gasteiger charge is -2.28. The average Bonchev–Trinajstić information content (AvgIpc) is 2.74. The van der Waals surface area contributed by atoms with E-state index in [9.17, 15) is 0 Å². The minimum absolute atomic E-state index is 0.436. The largest absolute Gasteiger partial charge is 0.357 e. The molecule has 1 heterocycles. The van der Waals surface area contributed by atoms with Gasteiger partial charge >= 0.3 is 0 Å². The molecule has 0 bridgehead atoms. The van der Waals surface area contributed by atoms with E-state index in [1.54, 1.807) is 0 Å². The van der Waals surface area contributed by atoms with Crippen LogP contribution < -0.4 is 10.2 Å². The molecular formula is C17H28ClN3. The lowest BCUT2D eigenvalue weighted by atomic mass is 10.1. The third kappa shape index (κ3) is 4.86. The molecule has 0 spiro atoms. The topological polar surface area (TPSA) is 28.2 Å². The van der Waals surface area contributed by atoms with Gasteiger partial charge in [0.2, 0.25) is 0 Å². The van der Waals surface area contributed by atoms with Gasteiger partial charge in [-0.1, -0.05) is 51.1 Å². The van der Waals surface area contributed by atoms with Crippen molar-refractivity contribution in [1.29, 1.82) is 0 Å². The van der Waals surface area contributed by atoms with Crippen molar-refractivity contribution in [3.63, 3.8) is 0 Å². The molecule has 0 atom stereocenters. The Hall–Kier alpha value is -0.800. The summed E-state index contributed by atoms with van der Waals surface area (Å²) in [6, 6.07) is 5.08. The molecule has 0 amide bonds. The molecule has 118 valence electrons. The summed E-state index contributed by atoms with van der Waals surface area (Å²) in [5, 5.41) is 4.14. The second kappa shape index (κ2) is 8.00. The Morgan fingerprint density at radius 2 is 1.90 bits per heavy atom. The van der Waals surface area contributed by atoms with Crippen molar-refractivity contribution < 1.29 is 0 Å². The molecule has 1 aromatic rings. The van der Waals surface area contributed by atoms with Crippen LogP contribution in [0.1, 0.15) is 58.1 Å². The number of aromatic nitrogens is 1. The van der Waals surface area contributed by atoms with Crippen LogP contribution in [-0.4, -0.2) is 24.1 Å². The Balaban J connectivity index is 2.09. The first kappa shape index (κ1) is 16.6. The zero-order valence-corrected chi connectivity index (χ0v) is 14.3. The van der Waals surface area contributed by atoms with Gasteiger partial charge in [-0.3, -0.25) is 0 Å². The molecule has 1 saturated carbocycles. The molecule has 2 rings (SSSR count). The van der Waals surface area contributed by atoms with Crippen LogP contribution in [0.25, 0.3) is 0 Å². The fourth-order valence-corrected chi connectivity index (χ4v) is 3.10. The van der Waals surface area contributed by atoms with Gasteiger partial charge in [-0.15, -0.1) is 0 Å². The predicted molar refractivity (Wildman–Crippen MR) is 91.1 cm³/mol. The molecule has 0 saturated heterocycles. The molecule has 1 aliphatic rings. The maximum absolute atomic E-state index is 6.28. The Morgan fingerprint density at radius 1 is 1.24 bits per heavy atom. The summed E-state index contributed by atoms with van der Waals surface area (Å²) < 4.78 is 0. The highest BCUT2D eigenvalue weighted by Crippen LogP contribution is 2.26. The number of anilines is 1. The van der Waals surface area contributed by atoms with Gasteiger partial charge in [0, 0.05) is 25.7 Å². The first-order valence-electron chi connectivity index (χ1n) is 8.19. The van der Waals surface area contributed by atoms with Gasteiger partial charge in [0.25, 0.3) is 0 Å². The lowest BCUT2D eigenvalue weighted by Crippen LogP contribution is -2.32. The number of pyridine rings is 1. The normalized spacial score (nSPS) is 17.0. The van der Waals surface area contributed by atoms with E-state index in [-0.39, 0.29) is 0 Å². The molecule has 1 aromatic heterocycles. The van der Waals surface area contributed by atoms with E-state index in [1.807, 2.05) is 12.1 Å². The van der Waals surface area contributed by atoms with Crippen LogP contribution in [0.2, 0.25) is 5.02 Å². The van der Waals surface area contributed by atoms with Crippen molar-refractivity contribution in [2.75, 3.05) is 11.9 Å². The molecule has 1 fully saturated rings. The summed E-state index contributed by atoms with van der Waals surface area (Å²) in [6.45, 7) is 4.99. The zero-order chi connectivity index (χ0) is 15.2. The number of nitrogens with one attached hydrogen (secondary N) is 1. The number of nitrogens with zero attached hydrogens (tertiary/aromatic N) is 2. The van der Waals surface area contributed by atoms with Crippen molar-refractivity contribution in [3.05, 3.63) is 22.8 Å². The maximum Gasteiger partial charge on any atom is 0.128 e. The van der Waals surface area contributed by atoms with Crippen LogP contribution in [-0.2, 0) is 6.54 Å². The number of rotatable bonds is 5. The fourth-order valence-electron chi connectivity index (χ4n) is 2.93. The Bertz CT molecular complexity index is 440. The minimum Gasteiger partial charge on any atom is -0.357 e. The quantitative estimate of drug-likeness (QED) is 0.818. The third-order valence-corrected chi connectivity index (χ3v) is 4.66. The molecular weight excluding hydrogens is 282 g/mol. The van der Waals surface area contributed by atoms with Gasteiger partial charge in [-0.25, -0.2) is 4.98 Å². The van der Waals surface area contributed by atoms with E-state index in [0.29, 0.717) is 12.1 Å². The van der Waals surface area contributed by atoms with Gasteiger partial charge in [-0.2, -0.15) is 0 Å². The Morgan fingerprint density at radius 3 is 2.52 bits per heavy atom. The summed E-state index contributed by atoms with van der Waals surface area (Å²) in [5.41, 5.74) is 0.948. The molecule has 0 radical (unpaired) electrons. The minimum atomic E-state index is 0.436. The van der Waals surface area contributed by atoms with Gasteiger partial charge in [0.1, 0.15) is 5.82 Å². The van der Waals surface area contributed by atoms with Crippen molar-refractivity contribution in [3.8, 4) is 0 Å². The molecule has 21 heavy (non-hydrogen) atoms. The van der Waals surface area contributed by atoms with Crippen LogP contribution in [0.3, 0.4) is 0 Å². The summed E-state index contributed by atoms with van der Waals surface area (Å²) >= 11 is 6.28. The molecule has 1 aliphatic carbocycles. The van der Waals surface area contributed by atoms with Gasteiger partial charge in [0.15, 0.2) is 0 Å². The SMILES string of the molecule is CC(C)NCc1nc(N(C)C2CCCCCC2)ccc1Cl. The molecule has 4 heteroatoms. The van der Waals surface area contributed by atoms with Crippen molar-refractivity contribution in [1.82, 2.24) is 10.3 Å². The highest BCUT2D eigenvalue weighted by Gasteiger charge is 2.18. The smallest absolute Gasteiger partial charge is 0.128 e. The number of hydrogen-bond donors (Lipinski definition) is 1. The Labute approximate surface area is 134 Å². The fraction of sp³-hybridized carbons (Fsp3) is 0.706. The summed E-state index contributed by atoms with van der Waals surface area (Å²) in [4.78, 5) is 7.13. The van der Waals surface area contributed by atoms with Gasteiger partial charge < -0.3 is 10.2 Å². The van der Waals surface area contributed by atoms with Gasteiger partial charge in [-0.05, 0) is 25.0 Å². The standard InChI is InChI=1S/C17H28ClN3/c1-13(2)19-12-16-15(18)10-11-17(20-16)21(3)14-8-6-4-5-7-9-14/h10-11,13-14,19H,4-9,12H2,1-3H3. The van der Waals surface area contributed by atoms with Crippen molar-refractivity contribution in [2.45, 2.75) is 71.0 Å². The molecule has 0 unspecified atom stereocenters. The first-order chi connectivity index (χ1) is 10.1. The van der Waals surface area contributed by atoms with E-state index in [2.05, 4.69) is 31.1 Å². The second-order valence-electron chi connectivity index (χ2n) is 6.39. The van der Waals surface area contributed by atoms with Crippen LogP contribution in [0.5, 0.6) is 0 Å². The predicted octanol–water partition coefficient (Wildman–Crippen LogP) is 4.39. The summed E-state index contributed by atoms with van der Waals surface area (Å²) in [6.07, 6.45) is 7.99. The molecule has 3 nitrogen and oxygen atoms in total. The lowest BCUT2D eigenvalue weighted by molar-refractivity contribution is 0.546. The van der Waals surface area contributed by atoms with E-state index in [1.165, 1.54) is 38.5 Å². The number of hydrogen-bond acceptors (Lipinski definition) is 3. The van der Waals surface area contributed by atoms with Crippen LogP contribution >= 0.6 is 11.6 Å². The van der Waals surface area contributed by atoms with E-state index < -0.39 is 0 Å². The number of halogens is 1. The van der Waals surface area contributed by atoms with Crippen molar-refractivity contribution in [2.24, 2.45) is 0 Å². The molecule has 1 N–H and O–H groups in total. The van der Waals surface area contributed by atoms with Crippen LogP contribution in [0.15, 0.2) is 12.1 Å². The van der Waals surface area contributed by atoms with Crippen LogP contribution in [0, 0.1) is 0 Å². The monoisotopic (exact) mass is 309 g/mol. The van der Waals surface area contributed by atoms with E-state index in [4.69, 9.17) is 16.6 Å². The van der Waals surface area contributed by atoms with E-state index in [0.717, 1.165) is 23.1 Å². The zero-order valence-electron chi connectivity index (χ0n) is 13.5. The van der Waals surface area contributed by atoms with Gasteiger partial charge in [0.05, 0.1) is 10.7 Å². The Kier molecular flexibility index (Phi) is 6.31. The summed E-state index contributed by atoms with van der Waals surface area (Å²) in [5.74, 6) is 1.05. The highest BCUT2D eigenvalue weighted by atomic mass is 35.5. The van der Waals surface area contributed by atoms with E-state index >= 15 is 0 Å².